The summed E-state index contributed by atoms with van der Waals surface area (Å²) in [6, 6.07) is 3.74. The highest BCUT2D eigenvalue weighted by Gasteiger charge is 2.25. The van der Waals surface area contributed by atoms with Crippen LogP contribution in [0, 0.1) is 18.6 Å². The third kappa shape index (κ3) is 4.32. The molecule has 1 aromatic carbocycles. The fourth-order valence-electron chi connectivity index (χ4n) is 3.63. The standard InChI is InChI=1S/C20H26F2N4O2/c1-4-28-20(27)25-9-7-16(8-10-25)24-13(2)17-12-23-26(14(17)3)19-6-5-15(21)11-18(19)22/h5-6,11-13,16,24H,4,7-10H2,1-3H3/t13-/m1/s1. The number of likely N-dealkylation sites (tertiary alicyclic amines) is 1. The van der Waals surface area contributed by atoms with Gasteiger partial charge >= 0.3 is 6.09 Å². The van der Waals surface area contributed by atoms with Crippen LogP contribution in [0.1, 0.15) is 44.0 Å². The molecule has 0 saturated carbocycles. The summed E-state index contributed by atoms with van der Waals surface area (Å²) < 4.78 is 33.8. The molecule has 0 spiro atoms. The molecular weight excluding hydrogens is 366 g/mol. The number of aromatic nitrogens is 2. The minimum Gasteiger partial charge on any atom is -0.450 e. The lowest BCUT2D eigenvalue weighted by Crippen LogP contribution is -2.45. The number of carbonyl (C=O) groups excluding carboxylic acids is 1. The SMILES string of the molecule is CCOC(=O)N1CCC(N[C@H](C)c2cnn(-c3ccc(F)cc3F)c2C)CC1. The molecule has 0 aliphatic carbocycles. The number of nitrogens with one attached hydrogen (secondary N) is 1. The maximum Gasteiger partial charge on any atom is 0.409 e. The molecule has 2 heterocycles. The minimum absolute atomic E-state index is 0.0106. The molecule has 1 aliphatic rings. The van der Waals surface area contributed by atoms with Crippen LogP contribution in [0.2, 0.25) is 0 Å². The van der Waals surface area contributed by atoms with Crippen LogP contribution in [0.25, 0.3) is 5.69 Å². The Labute approximate surface area is 163 Å². The van der Waals surface area contributed by atoms with Crippen LogP contribution in [0.5, 0.6) is 0 Å². The molecule has 1 aromatic heterocycles. The number of amides is 1. The van der Waals surface area contributed by atoms with Gasteiger partial charge in [-0.25, -0.2) is 18.3 Å². The van der Waals surface area contributed by atoms with Crippen molar-refractivity contribution in [1.82, 2.24) is 20.0 Å². The maximum atomic E-state index is 14.1. The van der Waals surface area contributed by atoms with Crippen molar-refractivity contribution in [3.8, 4) is 5.69 Å². The first kappa shape index (κ1) is 20.3. The van der Waals surface area contributed by atoms with E-state index in [4.69, 9.17) is 4.74 Å². The average Bonchev–Trinajstić information content (AvgIpc) is 3.04. The predicted octanol–water partition coefficient (Wildman–Crippen LogP) is 3.73. The fourth-order valence-corrected chi connectivity index (χ4v) is 3.63. The number of nitrogens with zero attached hydrogens (tertiary/aromatic N) is 3. The van der Waals surface area contributed by atoms with Crippen molar-refractivity contribution in [2.75, 3.05) is 19.7 Å². The van der Waals surface area contributed by atoms with Crippen molar-refractivity contribution in [2.45, 2.75) is 45.7 Å². The van der Waals surface area contributed by atoms with Gasteiger partial charge in [-0.2, -0.15) is 5.10 Å². The molecule has 1 amide bonds. The van der Waals surface area contributed by atoms with Crippen LogP contribution in [0.3, 0.4) is 0 Å². The van der Waals surface area contributed by atoms with E-state index in [-0.39, 0.29) is 23.9 Å². The van der Waals surface area contributed by atoms with Gasteiger partial charge in [0.15, 0.2) is 5.82 Å². The monoisotopic (exact) mass is 392 g/mol. The lowest BCUT2D eigenvalue weighted by atomic mass is 10.0. The van der Waals surface area contributed by atoms with Gasteiger partial charge in [0.05, 0.1) is 12.8 Å². The van der Waals surface area contributed by atoms with Crippen LogP contribution >= 0.6 is 0 Å². The van der Waals surface area contributed by atoms with Crippen LogP contribution < -0.4 is 5.32 Å². The Kier molecular flexibility index (Phi) is 6.28. The van der Waals surface area contributed by atoms with E-state index in [2.05, 4.69) is 10.4 Å². The molecule has 152 valence electrons. The maximum absolute atomic E-state index is 14.1. The van der Waals surface area contributed by atoms with E-state index < -0.39 is 11.6 Å². The van der Waals surface area contributed by atoms with Crippen LogP contribution in [0.4, 0.5) is 13.6 Å². The third-order valence-electron chi connectivity index (χ3n) is 5.16. The number of rotatable bonds is 5. The van der Waals surface area contributed by atoms with Crippen molar-refractivity contribution < 1.29 is 18.3 Å². The summed E-state index contributed by atoms with van der Waals surface area (Å²) in [5.41, 5.74) is 1.98. The molecule has 1 aliphatic heterocycles. The van der Waals surface area contributed by atoms with Crippen molar-refractivity contribution in [3.05, 3.63) is 47.3 Å². The summed E-state index contributed by atoms with van der Waals surface area (Å²) in [5.74, 6) is -1.26. The van der Waals surface area contributed by atoms with Crippen molar-refractivity contribution >= 4 is 6.09 Å². The molecule has 1 atom stereocenters. The van der Waals surface area contributed by atoms with Gasteiger partial charge in [0.25, 0.3) is 0 Å². The smallest absolute Gasteiger partial charge is 0.409 e. The van der Waals surface area contributed by atoms with Gasteiger partial charge in [0, 0.05) is 42.5 Å². The Balaban J connectivity index is 1.64. The number of piperidine rings is 1. The van der Waals surface area contributed by atoms with E-state index >= 15 is 0 Å². The molecule has 3 rings (SSSR count). The summed E-state index contributed by atoms with van der Waals surface area (Å²) in [6.07, 6.45) is 3.13. The number of carbonyl (C=O) groups is 1. The lowest BCUT2D eigenvalue weighted by molar-refractivity contribution is 0.0943. The van der Waals surface area contributed by atoms with Gasteiger partial charge < -0.3 is 15.0 Å². The van der Waals surface area contributed by atoms with E-state index in [9.17, 15) is 13.6 Å². The lowest BCUT2D eigenvalue weighted by Gasteiger charge is -2.33. The fraction of sp³-hybridized carbons (Fsp3) is 0.500. The highest BCUT2D eigenvalue weighted by atomic mass is 19.1. The Morgan fingerprint density at radius 3 is 2.71 bits per heavy atom. The number of hydrogen-bond acceptors (Lipinski definition) is 4. The zero-order valence-electron chi connectivity index (χ0n) is 16.4. The van der Waals surface area contributed by atoms with Gasteiger partial charge in [-0.1, -0.05) is 0 Å². The van der Waals surface area contributed by atoms with Gasteiger partial charge in [-0.05, 0) is 45.7 Å². The van der Waals surface area contributed by atoms with Crippen molar-refractivity contribution in [3.63, 3.8) is 0 Å². The second-order valence-electron chi connectivity index (χ2n) is 7.04. The molecule has 28 heavy (non-hydrogen) atoms. The molecule has 8 heteroatoms. The highest BCUT2D eigenvalue weighted by molar-refractivity contribution is 5.67. The average molecular weight is 392 g/mol. The summed E-state index contributed by atoms with van der Waals surface area (Å²) in [6.45, 7) is 7.39. The molecule has 0 radical (unpaired) electrons. The quantitative estimate of drug-likeness (QED) is 0.842. The molecule has 0 bridgehead atoms. The van der Waals surface area contributed by atoms with Gasteiger partial charge in [0.1, 0.15) is 11.5 Å². The molecular formula is C20H26F2N4O2. The van der Waals surface area contributed by atoms with Gasteiger partial charge in [-0.15, -0.1) is 0 Å². The Morgan fingerprint density at radius 2 is 2.07 bits per heavy atom. The molecule has 1 N–H and O–H groups in total. The molecule has 1 fully saturated rings. The summed E-state index contributed by atoms with van der Waals surface area (Å²) in [7, 11) is 0. The summed E-state index contributed by atoms with van der Waals surface area (Å²) in [4.78, 5) is 13.5. The first-order valence-corrected chi connectivity index (χ1v) is 9.58. The van der Waals surface area contributed by atoms with E-state index in [1.54, 1.807) is 18.0 Å². The van der Waals surface area contributed by atoms with E-state index in [1.165, 1.54) is 16.8 Å². The van der Waals surface area contributed by atoms with E-state index in [0.29, 0.717) is 19.7 Å². The minimum atomic E-state index is -0.648. The molecule has 6 nitrogen and oxygen atoms in total. The largest absolute Gasteiger partial charge is 0.450 e. The topological polar surface area (TPSA) is 59.4 Å². The van der Waals surface area contributed by atoms with Gasteiger partial charge in [-0.3, -0.25) is 0 Å². The van der Waals surface area contributed by atoms with Crippen LogP contribution in [-0.4, -0.2) is 46.5 Å². The zero-order valence-corrected chi connectivity index (χ0v) is 16.4. The summed E-state index contributed by atoms with van der Waals surface area (Å²) >= 11 is 0. The molecule has 1 saturated heterocycles. The zero-order chi connectivity index (χ0) is 20.3. The predicted molar refractivity (Wildman–Crippen MR) is 101 cm³/mol. The number of hydrogen-bond donors (Lipinski definition) is 1. The van der Waals surface area contributed by atoms with Crippen LogP contribution in [0.15, 0.2) is 24.4 Å². The summed E-state index contributed by atoms with van der Waals surface area (Å²) in [5, 5.41) is 7.86. The van der Waals surface area contributed by atoms with Crippen LogP contribution in [-0.2, 0) is 4.74 Å². The van der Waals surface area contributed by atoms with Crippen molar-refractivity contribution in [2.24, 2.45) is 0 Å². The van der Waals surface area contributed by atoms with Crippen molar-refractivity contribution in [1.29, 1.82) is 0 Å². The number of ether oxygens (including phenoxy) is 1. The first-order chi connectivity index (χ1) is 13.4. The molecule has 0 unspecified atom stereocenters. The van der Waals surface area contributed by atoms with Gasteiger partial charge in [0.2, 0.25) is 0 Å². The second kappa shape index (κ2) is 8.68. The number of halogens is 2. The van der Waals surface area contributed by atoms with E-state index in [1.807, 2.05) is 13.8 Å². The Morgan fingerprint density at radius 1 is 1.36 bits per heavy atom. The normalized spacial score (nSPS) is 16.2. The first-order valence-electron chi connectivity index (χ1n) is 9.58. The molecule has 2 aromatic rings. The second-order valence-corrected chi connectivity index (χ2v) is 7.04. The third-order valence-corrected chi connectivity index (χ3v) is 5.16. The Hall–Kier alpha value is -2.48. The Bertz CT molecular complexity index is 832. The number of benzene rings is 1. The van der Waals surface area contributed by atoms with E-state index in [0.717, 1.165) is 30.2 Å². The highest BCUT2D eigenvalue weighted by Crippen LogP contribution is 2.24.